The topological polar surface area (TPSA) is 140 Å². The molecule has 0 fully saturated rings. The summed E-state index contributed by atoms with van der Waals surface area (Å²) < 4.78 is 26.2. The fourth-order valence-electron chi connectivity index (χ4n) is 4.88. The van der Waals surface area contributed by atoms with Gasteiger partial charge in [-0.15, -0.1) is 0 Å². The lowest BCUT2D eigenvalue weighted by molar-refractivity contribution is -0.161. The van der Waals surface area contributed by atoms with Crippen LogP contribution in [-0.2, 0) is 28.2 Å². The van der Waals surface area contributed by atoms with Crippen LogP contribution in [0.4, 0.5) is 0 Å². The van der Waals surface area contributed by atoms with Gasteiger partial charge in [-0.25, -0.2) is 4.57 Å². The van der Waals surface area contributed by atoms with Crippen LogP contribution in [0.25, 0.3) is 0 Å². The Morgan fingerprint density at radius 3 is 1.82 bits per heavy atom. The van der Waals surface area contributed by atoms with Crippen LogP contribution in [-0.4, -0.2) is 52.3 Å². The number of carbonyl (C=O) groups excluding carboxylic acids is 2. The van der Waals surface area contributed by atoms with E-state index >= 15 is 0 Å². The zero-order valence-corrected chi connectivity index (χ0v) is 32.5. The average Bonchev–Trinajstić information content (AvgIpc) is 3.09. The predicted molar refractivity (Wildman–Crippen MR) is 208 cm³/mol. The van der Waals surface area contributed by atoms with Crippen LogP contribution < -0.4 is 0 Å². The summed E-state index contributed by atoms with van der Waals surface area (Å²) in [6, 6.07) is 0. The van der Waals surface area contributed by atoms with E-state index in [0.717, 1.165) is 57.8 Å². The Bertz CT molecular complexity index is 1070. The highest BCUT2D eigenvalue weighted by atomic mass is 31.2. The summed E-state index contributed by atoms with van der Waals surface area (Å²) in [4.78, 5) is 42.7. The first-order valence-electron chi connectivity index (χ1n) is 19.4. The molecule has 0 aromatic carbocycles. The number of aliphatic hydroxyl groups is 1. The van der Waals surface area contributed by atoms with Crippen LogP contribution in [0.1, 0.15) is 149 Å². The van der Waals surface area contributed by atoms with Gasteiger partial charge in [0.15, 0.2) is 6.10 Å². The van der Waals surface area contributed by atoms with Crippen molar-refractivity contribution in [3.63, 3.8) is 0 Å². The predicted octanol–water partition coefficient (Wildman–Crippen LogP) is 10.5. The highest BCUT2D eigenvalue weighted by Crippen LogP contribution is 2.36. The smallest absolute Gasteiger partial charge is 0.462 e. The van der Waals surface area contributed by atoms with Crippen molar-refractivity contribution in [2.45, 2.75) is 161 Å². The van der Waals surface area contributed by atoms with Crippen molar-refractivity contribution >= 4 is 19.8 Å². The summed E-state index contributed by atoms with van der Waals surface area (Å²) >= 11 is 0. The Morgan fingerprint density at radius 1 is 0.608 bits per heavy atom. The second-order valence-electron chi connectivity index (χ2n) is 12.8. The maximum atomic E-state index is 12.4. The van der Waals surface area contributed by atoms with Crippen molar-refractivity contribution < 1.29 is 43.0 Å². The van der Waals surface area contributed by atoms with Gasteiger partial charge < -0.3 is 24.4 Å². The molecule has 0 heterocycles. The molecule has 0 rings (SSSR count). The second-order valence-corrected chi connectivity index (χ2v) is 14.0. The number of carbonyl (C=O) groups is 2. The number of esters is 2. The Labute approximate surface area is 309 Å². The van der Waals surface area contributed by atoms with Crippen LogP contribution in [0.5, 0.6) is 0 Å². The lowest BCUT2D eigenvalue weighted by Gasteiger charge is -2.18. The number of unbranched alkanes of at least 4 members (excludes halogenated alkanes) is 12. The van der Waals surface area contributed by atoms with E-state index < -0.39 is 38.6 Å². The number of hydrogen-bond donors (Lipinski definition) is 3. The normalized spacial score (nSPS) is 13.9. The molecule has 10 heteroatoms. The van der Waals surface area contributed by atoms with Crippen LogP contribution in [0.3, 0.4) is 0 Å². The highest BCUT2D eigenvalue weighted by Gasteiger charge is 2.23. The molecule has 0 spiro atoms. The van der Waals surface area contributed by atoms with Crippen molar-refractivity contribution in [1.82, 2.24) is 0 Å². The lowest BCUT2D eigenvalue weighted by atomic mass is 10.1. The summed E-state index contributed by atoms with van der Waals surface area (Å²) in [5.74, 6) is -1.11. The standard InChI is InChI=1S/C41H69O9P/c1-3-5-7-9-11-13-15-17-18-20-22-24-26-28-30-34-41(44)50-39(37-49-51(45,46)47)36-48-40(43)35-31-33-38(42)32-29-27-25-23-21-19-16-14-12-10-8-6-4-2/h12-15,17-19,21,25,27,29,32,38-39,42H,3-11,16,20,22-24,26,28,30-31,33-37H2,1-2H3,(H2,45,46,47)/b14-12-,15-13-,18-17-,21-19-,27-25-,32-29+/t38-,39-/m1/s1. The third-order valence-electron chi connectivity index (χ3n) is 7.83. The molecular weight excluding hydrogens is 667 g/mol. The minimum Gasteiger partial charge on any atom is -0.462 e. The molecule has 0 bridgehead atoms. The first kappa shape index (κ1) is 48.5. The fraction of sp³-hybridized carbons (Fsp3) is 0.659. The Kier molecular flexibility index (Phi) is 34.0. The third kappa shape index (κ3) is 38.5. The van der Waals surface area contributed by atoms with Crippen molar-refractivity contribution in [2.24, 2.45) is 0 Å². The van der Waals surface area contributed by atoms with E-state index in [0.29, 0.717) is 19.3 Å². The minimum absolute atomic E-state index is 0.0320. The van der Waals surface area contributed by atoms with Gasteiger partial charge in [0.1, 0.15) is 6.61 Å². The summed E-state index contributed by atoms with van der Waals surface area (Å²) in [5.41, 5.74) is 0. The average molecular weight is 737 g/mol. The molecule has 0 aliphatic carbocycles. The zero-order valence-electron chi connectivity index (χ0n) is 31.6. The van der Waals surface area contributed by atoms with Gasteiger partial charge in [-0.3, -0.25) is 14.1 Å². The number of aliphatic hydroxyl groups excluding tert-OH is 1. The maximum absolute atomic E-state index is 12.4. The Balaban J connectivity index is 4.21. The molecule has 0 unspecified atom stereocenters. The van der Waals surface area contributed by atoms with E-state index in [9.17, 15) is 19.3 Å². The highest BCUT2D eigenvalue weighted by molar-refractivity contribution is 7.46. The molecule has 9 nitrogen and oxygen atoms in total. The molecule has 3 N–H and O–H groups in total. The van der Waals surface area contributed by atoms with Crippen LogP contribution in [0, 0.1) is 0 Å². The van der Waals surface area contributed by atoms with E-state index in [1.54, 1.807) is 12.2 Å². The van der Waals surface area contributed by atoms with Gasteiger partial charge in [-0.1, -0.05) is 138 Å². The number of phosphoric acid groups is 1. The zero-order chi connectivity index (χ0) is 37.7. The number of rotatable bonds is 34. The maximum Gasteiger partial charge on any atom is 0.469 e. The summed E-state index contributed by atoms with van der Waals surface area (Å²) in [6.45, 7) is 3.43. The Hall–Kier alpha value is -2.55. The van der Waals surface area contributed by atoms with E-state index in [4.69, 9.17) is 19.3 Å². The fourth-order valence-corrected chi connectivity index (χ4v) is 5.24. The van der Waals surface area contributed by atoms with Crippen molar-refractivity contribution in [3.05, 3.63) is 72.9 Å². The largest absolute Gasteiger partial charge is 0.469 e. The molecular formula is C41H69O9P. The first-order chi connectivity index (χ1) is 24.7. The van der Waals surface area contributed by atoms with Crippen molar-refractivity contribution in [2.75, 3.05) is 13.2 Å². The molecule has 0 aliphatic rings. The van der Waals surface area contributed by atoms with Gasteiger partial charge in [0, 0.05) is 12.8 Å². The van der Waals surface area contributed by atoms with Crippen molar-refractivity contribution in [3.8, 4) is 0 Å². The summed E-state index contributed by atoms with van der Waals surface area (Å²) in [6.07, 6.45) is 42.2. The van der Waals surface area contributed by atoms with Crippen LogP contribution >= 0.6 is 7.82 Å². The molecule has 2 atom stereocenters. The van der Waals surface area contributed by atoms with Crippen LogP contribution in [0.2, 0.25) is 0 Å². The molecule has 0 saturated carbocycles. The molecule has 0 aromatic rings. The molecule has 51 heavy (non-hydrogen) atoms. The lowest BCUT2D eigenvalue weighted by Crippen LogP contribution is -2.29. The summed E-state index contributed by atoms with van der Waals surface area (Å²) in [5, 5.41) is 10.2. The van der Waals surface area contributed by atoms with E-state index in [1.165, 1.54) is 44.9 Å². The SMILES string of the molecule is CCCCC/C=C\C/C=C\C/C=C\C=C\[C@@H](O)CCCC(=O)OC[C@H](COP(=O)(O)O)OC(=O)CCCCCCC/C=C\C=C/CCCCCC. The summed E-state index contributed by atoms with van der Waals surface area (Å²) in [7, 11) is -4.80. The number of ether oxygens (including phenoxy) is 2. The van der Waals surface area contributed by atoms with Gasteiger partial charge >= 0.3 is 19.8 Å². The quantitative estimate of drug-likeness (QED) is 0.0194. The van der Waals surface area contributed by atoms with Crippen molar-refractivity contribution in [1.29, 1.82) is 0 Å². The second kappa shape index (κ2) is 35.8. The van der Waals surface area contributed by atoms with Gasteiger partial charge in [0.25, 0.3) is 0 Å². The minimum atomic E-state index is -4.80. The molecule has 0 radical (unpaired) electrons. The van der Waals surface area contributed by atoms with Gasteiger partial charge in [-0.2, -0.15) is 0 Å². The first-order valence-corrected chi connectivity index (χ1v) is 20.9. The van der Waals surface area contributed by atoms with Gasteiger partial charge in [0.05, 0.1) is 12.7 Å². The Morgan fingerprint density at radius 2 is 1.14 bits per heavy atom. The van der Waals surface area contributed by atoms with Gasteiger partial charge in [-0.05, 0) is 70.6 Å². The van der Waals surface area contributed by atoms with Crippen LogP contribution in [0.15, 0.2) is 72.9 Å². The number of hydrogen-bond acceptors (Lipinski definition) is 7. The molecule has 0 amide bonds. The number of allylic oxidation sites excluding steroid dienone is 11. The molecule has 0 saturated heterocycles. The molecule has 0 aliphatic heterocycles. The molecule has 292 valence electrons. The van der Waals surface area contributed by atoms with Gasteiger partial charge in [0.2, 0.25) is 0 Å². The van der Waals surface area contributed by atoms with E-state index in [2.05, 4.69) is 67.0 Å². The molecule has 0 aromatic heterocycles. The van der Waals surface area contributed by atoms with E-state index in [1.807, 2.05) is 12.2 Å². The van der Waals surface area contributed by atoms with E-state index in [-0.39, 0.29) is 19.4 Å². The third-order valence-corrected chi connectivity index (χ3v) is 8.31. The number of phosphoric ester groups is 1. The monoisotopic (exact) mass is 736 g/mol.